The van der Waals surface area contributed by atoms with Gasteiger partial charge in [-0.3, -0.25) is 9.88 Å². The van der Waals surface area contributed by atoms with Crippen molar-refractivity contribution in [3.05, 3.63) is 87.4 Å². The number of hydrogen-bond acceptors (Lipinski definition) is 8. The lowest BCUT2D eigenvalue weighted by Gasteiger charge is -2.33. The van der Waals surface area contributed by atoms with Crippen LogP contribution in [0.4, 0.5) is 4.39 Å². The molecule has 5 rings (SSSR count). The van der Waals surface area contributed by atoms with Gasteiger partial charge in [-0.15, -0.1) is 0 Å². The Labute approximate surface area is 243 Å². The molecule has 0 bridgehead atoms. The average Bonchev–Trinajstić information content (AvgIpc) is 3.29. The summed E-state index contributed by atoms with van der Waals surface area (Å²) in [6, 6.07) is 12.0. The first-order valence-electron chi connectivity index (χ1n) is 13.3. The van der Waals surface area contributed by atoms with E-state index >= 15 is 0 Å². The number of para-hydroxylation sites is 1. The fourth-order valence-electron chi connectivity index (χ4n) is 5.44. The zero-order valence-corrected chi connectivity index (χ0v) is 24.4. The number of aryl methyl sites for hydroxylation is 1. The van der Waals surface area contributed by atoms with Gasteiger partial charge >= 0.3 is 0 Å². The van der Waals surface area contributed by atoms with Gasteiger partial charge in [0, 0.05) is 42.1 Å². The monoisotopic (exact) mass is 602 g/mol. The van der Waals surface area contributed by atoms with Crippen LogP contribution < -0.4 is 15.2 Å². The maximum atomic E-state index is 14.8. The van der Waals surface area contributed by atoms with Crippen LogP contribution in [0.25, 0.3) is 0 Å². The molecule has 2 aliphatic rings. The summed E-state index contributed by atoms with van der Waals surface area (Å²) in [5.41, 5.74) is 8.99. The molecule has 12 heteroatoms. The fraction of sp³-hybridized carbons (Fsp3) is 0.379. The van der Waals surface area contributed by atoms with Gasteiger partial charge in [0.2, 0.25) is 0 Å². The SMILES string of the molecule is CC1(c2ccc(Cl)cc2F)Oc2cccc(C3CCN(Cc4ncc(C(N)=NO)cc4CCS(C)(=O)=O)CC3)c2O1. The van der Waals surface area contributed by atoms with Gasteiger partial charge in [-0.1, -0.05) is 28.9 Å². The molecule has 2 aliphatic heterocycles. The van der Waals surface area contributed by atoms with Crippen molar-refractivity contribution in [2.45, 2.75) is 44.4 Å². The Hall–Kier alpha value is -3.41. The zero-order chi connectivity index (χ0) is 29.4. The molecule has 1 atom stereocenters. The number of sulfone groups is 1. The highest BCUT2D eigenvalue weighted by molar-refractivity contribution is 7.90. The summed E-state index contributed by atoms with van der Waals surface area (Å²) in [6.45, 7) is 3.81. The van der Waals surface area contributed by atoms with Crippen LogP contribution in [0.5, 0.6) is 11.5 Å². The van der Waals surface area contributed by atoms with Crippen LogP contribution in [0.2, 0.25) is 5.02 Å². The maximum Gasteiger partial charge on any atom is 0.278 e. The van der Waals surface area contributed by atoms with E-state index < -0.39 is 21.4 Å². The zero-order valence-electron chi connectivity index (χ0n) is 22.8. The minimum absolute atomic E-state index is 0.0244. The molecule has 0 aliphatic carbocycles. The number of nitrogens with two attached hydrogens (primary N) is 1. The van der Waals surface area contributed by atoms with Gasteiger partial charge in [0.25, 0.3) is 5.79 Å². The van der Waals surface area contributed by atoms with Crippen molar-refractivity contribution in [3.8, 4) is 11.5 Å². The van der Waals surface area contributed by atoms with Gasteiger partial charge in [-0.2, -0.15) is 0 Å². The predicted molar refractivity (Wildman–Crippen MR) is 154 cm³/mol. The van der Waals surface area contributed by atoms with Crippen molar-refractivity contribution in [1.29, 1.82) is 0 Å². The van der Waals surface area contributed by atoms with Crippen LogP contribution in [0, 0.1) is 5.82 Å². The summed E-state index contributed by atoms with van der Waals surface area (Å²) in [5.74, 6) is -0.489. The number of fused-ring (bicyclic) bond motifs is 1. The number of benzene rings is 2. The topological polar surface area (TPSA) is 127 Å². The lowest BCUT2D eigenvalue weighted by atomic mass is 9.88. The molecule has 3 N–H and O–H groups in total. The molecule has 1 fully saturated rings. The Balaban J connectivity index is 1.29. The highest BCUT2D eigenvalue weighted by Crippen LogP contribution is 2.49. The Morgan fingerprint density at radius 1 is 1.24 bits per heavy atom. The van der Waals surface area contributed by atoms with E-state index in [2.05, 4.69) is 15.0 Å². The normalized spacial score (nSPS) is 20.0. The van der Waals surface area contributed by atoms with Gasteiger partial charge in [0.05, 0.1) is 17.0 Å². The van der Waals surface area contributed by atoms with E-state index in [1.54, 1.807) is 25.1 Å². The Kier molecular flexibility index (Phi) is 8.13. The summed E-state index contributed by atoms with van der Waals surface area (Å²) < 4.78 is 50.8. The van der Waals surface area contributed by atoms with Crippen molar-refractivity contribution in [2.75, 3.05) is 25.1 Å². The number of amidine groups is 1. The number of pyridine rings is 1. The number of oxime groups is 1. The highest BCUT2D eigenvalue weighted by atomic mass is 35.5. The van der Waals surface area contributed by atoms with E-state index in [0.29, 0.717) is 28.6 Å². The van der Waals surface area contributed by atoms with Crippen LogP contribution >= 0.6 is 11.6 Å². The van der Waals surface area contributed by atoms with E-state index in [-0.39, 0.29) is 29.5 Å². The minimum Gasteiger partial charge on any atom is -0.444 e. The molecule has 1 unspecified atom stereocenters. The largest absolute Gasteiger partial charge is 0.444 e. The first kappa shape index (κ1) is 29.1. The minimum atomic E-state index is -3.19. The van der Waals surface area contributed by atoms with Crippen molar-refractivity contribution >= 4 is 27.3 Å². The molecule has 9 nitrogen and oxygen atoms in total. The maximum absolute atomic E-state index is 14.8. The number of likely N-dealkylation sites (tertiary alicyclic amines) is 1. The summed E-state index contributed by atoms with van der Waals surface area (Å²) in [5, 5.41) is 12.4. The fourth-order valence-corrected chi connectivity index (χ4v) is 6.19. The van der Waals surface area contributed by atoms with Crippen LogP contribution in [0.15, 0.2) is 53.8 Å². The van der Waals surface area contributed by atoms with Gasteiger partial charge in [-0.25, -0.2) is 12.8 Å². The van der Waals surface area contributed by atoms with E-state index in [1.165, 1.54) is 18.5 Å². The van der Waals surface area contributed by atoms with Gasteiger partial charge in [0.1, 0.15) is 15.7 Å². The quantitative estimate of drug-likeness (QED) is 0.166. The third kappa shape index (κ3) is 6.42. The number of aromatic nitrogens is 1. The number of halogens is 2. The number of ether oxygens (including phenoxy) is 2. The lowest BCUT2D eigenvalue weighted by Crippen LogP contribution is -2.34. The molecular weight excluding hydrogens is 571 g/mol. The van der Waals surface area contributed by atoms with E-state index in [1.807, 2.05) is 18.2 Å². The highest BCUT2D eigenvalue weighted by Gasteiger charge is 2.43. The number of hydrogen-bond donors (Lipinski definition) is 2. The summed E-state index contributed by atoms with van der Waals surface area (Å²) in [4.78, 5) is 6.82. The molecule has 0 amide bonds. The smallest absolute Gasteiger partial charge is 0.278 e. The predicted octanol–water partition coefficient (Wildman–Crippen LogP) is 4.58. The molecule has 1 saturated heterocycles. The van der Waals surface area contributed by atoms with Gasteiger partial charge in [-0.05, 0) is 74.2 Å². The molecular formula is C29H32ClFN4O5S. The first-order chi connectivity index (χ1) is 19.5. The van der Waals surface area contributed by atoms with E-state index in [0.717, 1.165) is 42.8 Å². The molecule has 0 radical (unpaired) electrons. The second-order valence-electron chi connectivity index (χ2n) is 10.7. The van der Waals surface area contributed by atoms with Crippen molar-refractivity contribution in [1.82, 2.24) is 9.88 Å². The molecule has 0 spiro atoms. The molecule has 1 aromatic heterocycles. The Morgan fingerprint density at radius 3 is 2.68 bits per heavy atom. The van der Waals surface area contributed by atoms with E-state index in [4.69, 9.17) is 32.0 Å². The Morgan fingerprint density at radius 2 is 2.00 bits per heavy atom. The number of piperidine rings is 1. The van der Waals surface area contributed by atoms with Crippen molar-refractivity contribution in [2.24, 2.45) is 10.9 Å². The molecule has 3 aromatic rings. The van der Waals surface area contributed by atoms with Crippen LogP contribution in [0.1, 0.15) is 53.6 Å². The molecule has 2 aromatic carbocycles. The molecule has 0 saturated carbocycles. The second-order valence-corrected chi connectivity index (χ2v) is 13.4. The average molecular weight is 603 g/mol. The lowest BCUT2D eigenvalue weighted by molar-refractivity contribution is -0.0712. The third-order valence-corrected chi connectivity index (χ3v) is 8.82. The van der Waals surface area contributed by atoms with Crippen LogP contribution in [-0.4, -0.2) is 54.4 Å². The molecule has 41 heavy (non-hydrogen) atoms. The summed E-state index contributed by atoms with van der Waals surface area (Å²) in [7, 11) is -3.19. The van der Waals surface area contributed by atoms with Crippen molar-refractivity contribution < 1.29 is 27.5 Å². The molecule has 3 heterocycles. The number of nitrogens with zero attached hydrogens (tertiary/aromatic N) is 3. The second kappa shape index (κ2) is 11.5. The standard InChI is InChI=1S/C29H32ClFN4O5S/c1-29(23-7-6-21(30)15-24(23)31)39-26-5-3-4-22(27(26)40-29)18-8-11-35(12-9-18)17-25-19(10-13-41(2,37)38)14-20(16-33-25)28(32)34-36/h3-7,14-16,18,36H,8-13,17H2,1-2H3,(H2,32,34). The first-order valence-corrected chi connectivity index (χ1v) is 15.7. The van der Waals surface area contributed by atoms with E-state index in [9.17, 15) is 12.8 Å². The molecule has 218 valence electrons. The van der Waals surface area contributed by atoms with Crippen molar-refractivity contribution in [3.63, 3.8) is 0 Å². The third-order valence-electron chi connectivity index (χ3n) is 7.64. The van der Waals surface area contributed by atoms with Crippen LogP contribution in [0.3, 0.4) is 0 Å². The summed E-state index contributed by atoms with van der Waals surface area (Å²) >= 11 is 5.94. The van der Waals surface area contributed by atoms with Gasteiger partial charge in [0.15, 0.2) is 17.3 Å². The summed E-state index contributed by atoms with van der Waals surface area (Å²) in [6.07, 6.45) is 4.72. The number of rotatable bonds is 8. The van der Waals surface area contributed by atoms with Gasteiger partial charge < -0.3 is 20.4 Å². The van der Waals surface area contributed by atoms with Crippen LogP contribution in [-0.2, 0) is 28.6 Å². The Bertz CT molecular complexity index is 1590.